The van der Waals surface area contributed by atoms with Crippen LogP contribution >= 0.6 is 0 Å². The first-order valence-corrected chi connectivity index (χ1v) is 9.63. The zero-order chi connectivity index (χ0) is 17.8. The first-order valence-electron chi connectivity index (χ1n) is 9.63. The number of terminal acetylenes is 1. The van der Waals surface area contributed by atoms with Crippen molar-refractivity contribution in [2.75, 3.05) is 6.61 Å². The van der Waals surface area contributed by atoms with Gasteiger partial charge in [0.1, 0.15) is 6.61 Å². The van der Waals surface area contributed by atoms with Crippen molar-refractivity contribution in [2.24, 2.45) is 17.8 Å². The number of rotatable bonds is 4. The maximum absolute atomic E-state index is 14.2. The molecule has 2 aliphatic carbocycles. The standard InChI is InChI=1S/C22H28F2O/c1-3-12-25-22-20(23)13-19(14-21(22)24)18-10-8-17(9-11-18)16-6-4-15(2)5-7-16/h1,13-18H,4-12H2,2H3. The van der Waals surface area contributed by atoms with Gasteiger partial charge in [-0.15, -0.1) is 6.42 Å². The molecule has 0 bridgehead atoms. The van der Waals surface area contributed by atoms with Crippen LogP contribution in [-0.4, -0.2) is 6.61 Å². The lowest BCUT2D eigenvalue weighted by atomic mass is 9.68. The summed E-state index contributed by atoms with van der Waals surface area (Å²) in [5.74, 6) is 3.39. The Morgan fingerprint density at radius 3 is 2.00 bits per heavy atom. The van der Waals surface area contributed by atoms with E-state index >= 15 is 0 Å². The fourth-order valence-electron chi connectivity index (χ4n) is 4.75. The van der Waals surface area contributed by atoms with Crippen molar-refractivity contribution in [1.82, 2.24) is 0 Å². The van der Waals surface area contributed by atoms with Gasteiger partial charge >= 0.3 is 0 Å². The largest absolute Gasteiger partial charge is 0.475 e. The van der Waals surface area contributed by atoms with Gasteiger partial charge in [-0.3, -0.25) is 0 Å². The predicted octanol–water partition coefficient (Wildman–Crippen LogP) is 6.08. The number of hydrogen-bond donors (Lipinski definition) is 0. The first-order chi connectivity index (χ1) is 12.1. The van der Waals surface area contributed by atoms with E-state index in [0.29, 0.717) is 0 Å². The van der Waals surface area contributed by atoms with Crippen LogP contribution in [0.1, 0.15) is 69.8 Å². The molecule has 0 amide bonds. The van der Waals surface area contributed by atoms with Crippen LogP contribution in [-0.2, 0) is 0 Å². The molecule has 0 saturated heterocycles. The lowest BCUT2D eigenvalue weighted by Gasteiger charge is -2.37. The average Bonchev–Trinajstić information content (AvgIpc) is 2.62. The third-order valence-corrected chi connectivity index (χ3v) is 6.29. The zero-order valence-corrected chi connectivity index (χ0v) is 15.1. The van der Waals surface area contributed by atoms with Crippen LogP contribution < -0.4 is 4.74 Å². The Morgan fingerprint density at radius 1 is 0.960 bits per heavy atom. The Morgan fingerprint density at radius 2 is 1.48 bits per heavy atom. The van der Waals surface area contributed by atoms with Gasteiger partial charge < -0.3 is 4.74 Å². The monoisotopic (exact) mass is 346 g/mol. The predicted molar refractivity (Wildman–Crippen MR) is 96.5 cm³/mol. The minimum Gasteiger partial charge on any atom is -0.475 e. The number of benzene rings is 1. The van der Waals surface area contributed by atoms with Crippen LogP contribution in [0, 0.1) is 41.7 Å². The minimum absolute atomic E-state index is 0.127. The maximum Gasteiger partial charge on any atom is 0.192 e. The van der Waals surface area contributed by atoms with Gasteiger partial charge in [0.2, 0.25) is 0 Å². The Balaban J connectivity index is 1.60. The van der Waals surface area contributed by atoms with Crippen molar-refractivity contribution in [1.29, 1.82) is 0 Å². The summed E-state index contributed by atoms with van der Waals surface area (Å²) in [6.45, 7) is 2.23. The molecule has 0 unspecified atom stereocenters. The van der Waals surface area contributed by atoms with Crippen molar-refractivity contribution in [3.8, 4) is 18.1 Å². The molecule has 0 radical (unpaired) electrons. The summed E-state index contributed by atoms with van der Waals surface area (Å²) in [4.78, 5) is 0. The first kappa shape index (κ1) is 18.2. The Kier molecular flexibility index (Phi) is 5.99. The molecule has 1 aromatic rings. The summed E-state index contributed by atoms with van der Waals surface area (Å²) in [5.41, 5.74) is 0.763. The molecule has 136 valence electrons. The van der Waals surface area contributed by atoms with Crippen LogP contribution in [0.2, 0.25) is 0 Å². The van der Waals surface area contributed by atoms with Gasteiger partial charge in [-0.2, -0.15) is 0 Å². The molecule has 1 nitrogen and oxygen atoms in total. The Bertz CT molecular complexity index is 594. The molecule has 2 aliphatic rings. The molecule has 0 aromatic heterocycles. The highest BCUT2D eigenvalue weighted by Crippen LogP contribution is 2.44. The molecule has 3 rings (SSSR count). The Hall–Kier alpha value is -1.56. The van der Waals surface area contributed by atoms with Crippen molar-refractivity contribution in [2.45, 2.75) is 64.2 Å². The van der Waals surface area contributed by atoms with Crippen molar-refractivity contribution < 1.29 is 13.5 Å². The normalized spacial score (nSPS) is 29.8. The van der Waals surface area contributed by atoms with Crippen LogP contribution in [0.3, 0.4) is 0 Å². The second-order valence-electron chi connectivity index (χ2n) is 7.94. The number of hydrogen-bond acceptors (Lipinski definition) is 1. The van der Waals surface area contributed by atoms with Crippen LogP contribution in [0.5, 0.6) is 5.75 Å². The van der Waals surface area contributed by atoms with Gasteiger partial charge in [-0.1, -0.05) is 25.7 Å². The highest BCUT2D eigenvalue weighted by molar-refractivity contribution is 5.33. The highest BCUT2D eigenvalue weighted by atomic mass is 19.1. The summed E-state index contributed by atoms with van der Waals surface area (Å²) in [5, 5.41) is 0. The van der Waals surface area contributed by atoms with Crippen molar-refractivity contribution >= 4 is 0 Å². The summed E-state index contributed by atoms with van der Waals surface area (Å²) in [7, 11) is 0. The van der Waals surface area contributed by atoms with E-state index in [1.165, 1.54) is 50.7 Å². The summed E-state index contributed by atoms with van der Waals surface area (Å²) >= 11 is 0. The zero-order valence-electron chi connectivity index (χ0n) is 15.1. The van der Waals surface area contributed by atoms with Gasteiger partial charge in [-0.05, 0) is 79.9 Å². The molecule has 0 atom stereocenters. The van der Waals surface area contributed by atoms with Gasteiger partial charge in [-0.25, -0.2) is 8.78 Å². The number of ether oxygens (including phenoxy) is 1. The lowest BCUT2D eigenvalue weighted by molar-refractivity contribution is 0.165. The van der Waals surface area contributed by atoms with E-state index in [-0.39, 0.29) is 18.3 Å². The van der Waals surface area contributed by atoms with E-state index in [1.54, 1.807) is 0 Å². The molecular formula is C22H28F2O. The van der Waals surface area contributed by atoms with Crippen molar-refractivity contribution in [3.63, 3.8) is 0 Å². The molecule has 0 aliphatic heterocycles. The molecule has 3 heteroatoms. The van der Waals surface area contributed by atoms with Crippen LogP contribution in [0.15, 0.2) is 12.1 Å². The smallest absolute Gasteiger partial charge is 0.192 e. The topological polar surface area (TPSA) is 9.23 Å². The maximum atomic E-state index is 14.2. The second kappa shape index (κ2) is 8.21. The van der Waals surface area contributed by atoms with Crippen LogP contribution in [0.4, 0.5) is 8.78 Å². The SMILES string of the molecule is C#CCOc1c(F)cc(C2CCC(C3CCC(C)CC3)CC2)cc1F. The molecule has 25 heavy (non-hydrogen) atoms. The summed E-state index contributed by atoms with van der Waals surface area (Å²) < 4.78 is 33.3. The van der Waals surface area contributed by atoms with Gasteiger partial charge in [0.05, 0.1) is 0 Å². The summed E-state index contributed by atoms with van der Waals surface area (Å²) in [6.07, 6.45) is 15.0. The van der Waals surface area contributed by atoms with E-state index in [1.807, 2.05) is 0 Å². The fraction of sp³-hybridized carbons (Fsp3) is 0.636. The van der Waals surface area contributed by atoms with Gasteiger partial charge in [0.15, 0.2) is 17.4 Å². The third-order valence-electron chi connectivity index (χ3n) is 6.29. The molecule has 2 fully saturated rings. The third kappa shape index (κ3) is 4.35. The minimum atomic E-state index is -0.645. The van der Waals surface area contributed by atoms with Gasteiger partial charge in [0, 0.05) is 0 Å². The second-order valence-corrected chi connectivity index (χ2v) is 7.94. The van der Waals surface area contributed by atoms with E-state index in [2.05, 4.69) is 12.8 Å². The average molecular weight is 346 g/mol. The lowest BCUT2D eigenvalue weighted by Crippen LogP contribution is -2.24. The van der Waals surface area contributed by atoms with E-state index in [9.17, 15) is 8.78 Å². The molecule has 1 aromatic carbocycles. The fourth-order valence-corrected chi connectivity index (χ4v) is 4.75. The van der Waals surface area contributed by atoms with Crippen molar-refractivity contribution in [3.05, 3.63) is 29.3 Å². The molecular weight excluding hydrogens is 318 g/mol. The quantitative estimate of drug-likeness (QED) is 0.601. The molecule has 0 N–H and O–H groups in total. The van der Waals surface area contributed by atoms with E-state index in [0.717, 1.165) is 36.2 Å². The van der Waals surface area contributed by atoms with Crippen LogP contribution in [0.25, 0.3) is 0 Å². The van der Waals surface area contributed by atoms with E-state index in [4.69, 9.17) is 11.2 Å². The summed E-state index contributed by atoms with van der Waals surface area (Å²) in [6, 6.07) is 2.87. The van der Waals surface area contributed by atoms with Gasteiger partial charge in [0.25, 0.3) is 0 Å². The Labute approximate surface area is 150 Å². The molecule has 2 saturated carbocycles. The molecule has 0 spiro atoms. The highest BCUT2D eigenvalue weighted by Gasteiger charge is 2.31. The van der Waals surface area contributed by atoms with E-state index < -0.39 is 11.6 Å². The molecule has 0 heterocycles. The number of halogens is 2.